The van der Waals surface area contributed by atoms with Crippen LogP contribution in [0.1, 0.15) is 59.8 Å². The van der Waals surface area contributed by atoms with E-state index >= 15 is 0 Å². The fourth-order valence-corrected chi connectivity index (χ4v) is 2.69. The summed E-state index contributed by atoms with van der Waals surface area (Å²) in [6.45, 7) is 8.27. The Hall–Kier alpha value is -2.57. The van der Waals surface area contributed by atoms with Crippen LogP contribution < -0.4 is 15.4 Å². The molecule has 0 aliphatic heterocycles. The molecule has 0 heterocycles. The number of carboxylic acid groups (broad SMARTS) is 1. The van der Waals surface area contributed by atoms with Gasteiger partial charge in [0, 0.05) is 6.04 Å². The average molecular weight is 409 g/mol. The number of hydrogen-bond donors (Lipinski definition) is 3. The molecule has 1 aromatic rings. The van der Waals surface area contributed by atoms with Gasteiger partial charge in [-0.2, -0.15) is 0 Å². The van der Waals surface area contributed by atoms with Crippen molar-refractivity contribution in [3.05, 3.63) is 30.3 Å². The quantitative estimate of drug-likeness (QED) is 0.611. The lowest BCUT2D eigenvalue weighted by atomic mass is 9.85. The molecule has 7 heteroatoms. The molecule has 1 aliphatic carbocycles. The zero-order valence-corrected chi connectivity index (χ0v) is 18.0. The highest BCUT2D eigenvalue weighted by molar-refractivity contribution is 5.71. The van der Waals surface area contributed by atoms with E-state index in [1.165, 1.54) is 32.1 Å². The van der Waals surface area contributed by atoms with Gasteiger partial charge in [-0.05, 0) is 43.7 Å². The van der Waals surface area contributed by atoms with Crippen LogP contribution in [0.25, 0.3) is 0 Å². The van der Waals surface area contributed by atoms with Crippen molar-refractivity contribution in [2.45, 2.75) is 65.8 Å². The normalized spacial score (nSPS) is 14.2. The lowest BCUT2D eigenvalue weighted by molar-refractivity contribution is -0.136. The Kier molecular flexibility index (Phi) is 14.9. The van der Waals surface area contributed by atoms with Crippen LogP contribution in [-0.4, -0.2) is 36.2 Å². The van der Waals surface area contributed by atoms with Crippen molar-refractivity contribution in [2.75, 3.05) is 6.54 Å². The predicted octanol–water partition coefficient (Wildman–Crippen LogP) is 4.22. The highest BCUT2D eigenvalue weighted by atomic mass is 16.6. The number of para-hydroxylation sites is 1. The average Bonchev–Trinajstić information content (AvgIpc) is 2.67. The Morgan fingerprint density at radius 2 is 1.66 bits per heavy atom. The maximum absolute atomic E-state index is 11.7. The van der Waals surface area contributed by atoms with Gasteiger partial charge in [0.2, 0.25) is 6.41 Å². The largest absolute Gasteiger partial charge is 0.480 e. The number of amides is 2. The molecule has 1 fully saturated rings. The van der Waals surface area contributed by atoms with Gasteiger partial charge in [-0.1, -0.05) is 58.2 Å². The molecule has 0 bridgehead atoms. The third-order valence-corrected chi connectivity index (χ3v) is 3.99. The van der Waals surface area contributed by atoms with E-state index in [-0.39, 0.29) is 18.7 Å². The highest BCUT2D eigenvalue weighted by Crippen LogP contribution is 2.26. The van der Waals surface area contributed by atoms with Gasteiger partial charge in [-0.3, -0.25) is 9.59 Å². The molecule has 0 saturated heterocycles. The minimum atomic E-state index is -1.04. The van der Waals surface area contributed by atoms with E-state index in [9.17, 15) is 14.4 Å². The Bertz CT molecular complexity index is 569. The third kappa shape index (κ3) is 16.1. The molecule has 1 aliphatic rings. The molecule has 2 amide bonds. The lowest BCUT2D eigenvalue weighted by Gasteiger charge is -2.27. The van der Waals surface area contributed by atoms with Gasteiger partial charge in [0.1, 0.15) is 12.3 Å². The molecule has 29 heavy (non-hydrogen) atoms. The Morgan fingerprint density at radius 1 is 1.10 bits per heavy atom. The molecule has 1 aromatic carbocycles. The molecule has 7 nitrogen and oxygen atoms in total. The van der Waals surface area contributed by atoms with Crippen LogP contribution in [0.5, 0.6) is 5.75 Å². The Morgan fingerprint density at radius 3 is 2.10 bits per heavy atom. The Balaban J connectivity index is 0.000000594. The van der Waals surface area contributed by atoms with Crippen molar-refractivity contribution in [3.8, 4) is 5.75 Å². The summed E-state index contributed by atoms with van der Waals surface area (Å²) < 4.78 is 5.23. The maximum Gasteiger partial charge on any atom is 0.412 e. The van der Waals surface area contributed by atoms with E-state index in [1.807, 2.05) is 23.5 Å². The summed E-state index contributed by atoms with van der Waals surface area (Å²) >= 11 is 0. The van der Waals surface area contributed by atoms with Crippen LogP contribution in [0.15, 0.2) is 30.3 Å². The number of carbonyl (C=O) groups excluding carboxylic acids is 2. The number of carboxylic acids is 1. The number of hydrogen-bond acceptors (Lipinski definition) is 4. The maximum atomic E-state index is 11.7. The summed E-state index contributed by atoms with van der Waals surface area (Å²) in [6.07, 6.45) is 6.32. The van der Waals surface area contributed by atoms with Gasteiger partial charge < -0.3 is 20.5 Å². The first-order valence-corrected chi connectivity index (χ1v) is 10.2. The van der Waals surface area contributed by atoms with Crippen LogP contribution >= 0.6 is 0 Å². The first-order valence-electron chi connectivity index (χ1n) is 10.2. The van der Waals surface area contributed by atoms with Gasteiger partial charge in [0.15, 0.2) is 0 Å². The predicted molar refractivity (Wildman–Crippen MR) is 114 cm³/mol. The van der Waals surface area contributed by atoms with Crippen molar-refractivity contribution in [1.82, 2.24) is 10.6 Å². The van der Waals surface area contributed by atoms with Gasteiger partial charge >= 0.3 is 12.1 Å². The molecule has 0 radical (unpaired) electrons. The summed E-state index contributed by atoms with van der Waals surface area (Å²) in [5.41, 5.74) is 0. The number of carbonyl (C=O) groups is 3. The second-order valence-corrected chi connectivity index (χ2v) is 7.66. The fourth-order valence-electron chi connectivity index (χ4n) is 2.69. The zero-order valence-electron chi connectivity index (χ0n) is 18.0. The molecule has 164 valence electrons. The first kappa shape index (κ1) is 26.4. The van der Waals surface area contributed by atoms with E-state index in [0.717, 1.165) is 5.92 Å². The second kappa shape index (κ2) is 16.4. The van der Waals surface area contributed by atoms with Crippen molar-refractivity contribution in [1.29, 1.82) is 0 Å². The van der Waals surface area contributed by atoms with Gasteiger partial charge in [-0.15, -0.1) is 0 Å². The fraction of sp³-hybridized carbons (Fsp3) is 0.591. The summed E-state index contributed by atoms with van der Waals surface area (Å²) in [4.78, 5) is 30.6. The number of aliphatic carboxylic acids is 1. The van der Waals surface area contributed by atoms with Gasteiger partial charge in [0.25, 0.3) is 0 Å². The molecule has 3 N–H and O–H groups in total. The summed E-state index contributed by atoms with van der Waals surface area (Å²) in [5.74, 6) is 0.986. The van der Waals surface area contributed by atoms with E-state index in [0.29, 0.717) is 18.1 Å². The second-order valence-electron chi connectivity index (χ2n) is 7.66. The summed E-state index contributed by atoms with van der Waals surface area (Å²) in [7, 11) is 0. The Labute approximate surface area is 174 Å². The van der Waals surface area contributed by atoms with Crippen LogP contribution in [0.4, 0.5) is 4.79 Å². The van der Waals surface area contributed by atoms with Crippen molar-refractivity contribution in [2.24, 2.45) is 11.8 Å². The number of nitrogens with one attached hydrogen (secondary N) is 2. The number of benzene rings is 1. The van der Waals surface area contributed by atoms with Crippen LogP contribution in [-0.2, 0) is 9.59 Å². The molecule has 0 aromatic heterocycles. The molecule has 1 unspecified atom stereocenters. The lowest BCUT2D eigenvalue weighted by Crippen LogP contribution is -2.40. The zero-order chi connectivity index (χ0) is 22.1. The summed E-state index contributed by atoms with van der Waals surface area (Å²) in [5, 5.41) is 12.7. The van der Waals surface area contributed by atoms with Crippen molar-refractivity contribution < 1.29 is 24.2 Å². The monoisotopic (exact) mass is 408 g/mol. The van der Waals surface area contributed by atoms with E-state index in [1.54, 1.807) is 12.1 Å². The third-order valence-electron chi connectivity index (χ3n) is 3.99. The van der Waals surface area contributed by atoms with Crippen LogP contribution in [0.3, 0.4) is 0 Å². The van der Waals surface area contributed by atoms with E-state index in [2.05, 4.69) is 33.0 Å². The summed E-state index contributed by atoms with van der Waals surface area (Å²) in [6, 6.07) is 9.37. The molecule has 1 atom stereocenters. The van der Waals surface area contributed by atoms with Gasteiger partial charge in [-0.25, -0.2) is 4.79 Å². The molecular weight excluding hydrogens is 372 g/mol. The van der Waals surface area contributed by atoms with Gasteiger partial charge in [0.05, 0.1) is 0 Å². The minimum absolute atomic E-state index is 0.196. The molecule has 2 rings (SSSR count). The topological polar surface area (TPSA) is 105 Å². The standard InChI is InChI=1S/C15H21NO2.C4H10.C3H5NO3/c1-12(13-8-4-2-5-9-13)16-15(17)18-14-10-6-3-7-11-14;1-4(2)3;5-2-4-1-3(6)7/h3,6-7,10-13H,2,4-5,8-9H2,1H3,(H,16,17);4H,1-3H3;2H,1H2,(H,4,5)(H,6,7). The van der Waals surface area contributed by atoms with Crippen molar-refractivity contribution in [3.63, 3.8) is 0 Å². The molecule has 0 spiro atoms. The van der Waals surface area contributed by atoms with E-state index < -0.39 is 5.97 Å². The molecular formula is C22H36N2O5. The SMILES string of the molecule is CC(C)C.CC(NC(=O)Oc1ccccc1)C1CCCCC1.O=CNCC(=O)O. The number of rotatable bonds is 6. The highest BCUT2D eigenvalue weighted by Gasteiger charge is 2.21. The van der Waals surface area contributed by atoms with Crippen LogP contribution in [0, 0.1) is 11.8 Å². The first-order chi connectivity index (χ1) is 13.8. The van der Waals surface area contributed by atoms with Crippen LogP contribution in [0.2, 0.25) is 0 Å². The van der Waals surface area contributed by atoms with Crippen molar-refractivity contribution >= 4 is 18.5 Å². The molecule has 1 saturated carbocycles. The minimum Gasteiger partial charge on any atom is -0.480 e. The number of ether oxygens (including phenoxy) is 1. The smallest absolute Gasteiger partial charge is 0.412 e. The van der Waals surface area contributed by atoms with E-state index in [4.69, 9.17) is 9.84 Å².